The Morgan fingerprint density at radius 3 is 2.44 bits per heavy atom. The molecular formula is C13H22N2O2S. The van der Waals surface area contributed by atoms with Crippen LogP contribution < -0.4 is 10.5 Å². The summed E-state index contributed by atoms with van der Waals surface area (Å²) in [5.41, 5.74) is 8.67. The van der Waals surface area contributed by atoms with Gasteiger partial charge in [-0.15, -0.1) is 0 Å². The van der Waals surface area contributed by atoms with Gasteiger partial charge in [0.15, 0.2) is 0 Å². The monoisotopic (exact) mass is 270 g/mol. The third-order valence-electron chi connectivity index (χ3n) is 2.94. The molecule has 0 atom stereocenters. The minimum Gasteiger partial charge on any atom is -0.398 e. The average Bonchev–Trinajstić information content (AvgIpc) is 2.27. The number of nitrogens with two attached hydrogens (primary N) is 1. The van der Waals surface area contributed by atoms with E-state index in [4.69, 9.17) is 5.73 Å². The number of nitrogens with one attached hydrogen (secondary N) is 1. The maximum Gasteiger partial charge on any atom is 0.232 e. The molecule has 0 fully saturated rings. The zero-order valence-electron chi connectivity index (χ0n) is 11.4. The van der Waals surface area contributed by atoms with Crippen LogP contribution in [0.4, 0.5) is 11.4 Å². The number of hydrogen-bond acceptors (Lipinski definition) is 3. The maximum atomic E-state index is 12.0. The second-order valence-electron chi connectivity index (χ2n) is 5.08. The molecule has 0 spiro atoms. The molecule has 0 saturated carbocycles. The van der Waals surface area contributed by atoms with Gasteiger partial charge in [0.2, 0.25) is 10.0 Å². The molecule has 5 heteroatoms. The largest absolute Gasteiger partial charge is 0.398 e. The van der Waals surface area contributed by atoms with Gasteiger partial charge in [0.25, 0.3) is 0 Å². The molecule has 0 bridgehead atoms. The highest BCUT2D eigenvalue weighted by Gasteiger charge is 2.15. The van der Waals surface area contributed by atoms with Gasteiger partial charge in [-0.2, -0.15) is 0 Å². The molecule has 0 saturated heterocycles. The van der Waals surface area contributed by atoms with Gasteiger partial charge in [0, 0.05) is 5.69 Å². The van der Waals surface area contributed by atoms with Crippen LogP contribution in [0.25, 0.3) is 0 Å². The maximum absolute atomic E-state index is 12.0. The molecule has 1 aromatic rings. The van der Waals surface area contributed by atoms with E-state index in [2.05, 4.69) is 4.72 Å². The summed E-state index contributed by atoms with van der Waals surface area (Å²) in [6, 6.07) is 3.61. The normalized spacial score (nSPS) is 11.8. The fourth-order valence-electron chi connectivity index (χ4n) is 1.62. The molecule has 0 aromatic heterocycles. The lowest BCUT2D eigenvalue weighted by atomic mass is 10.1. The summed E-state index contributed by atoms with van der Waals surface area (Å²) < 4.78 is 26.6. The summed E-state index contributed by atoms with van der Waals surface area (Å²) in [4.78, 5) is 0. The third kappa shape index (κ3) is 3.91. The van der Waals surface area contributed by atoms with Crippen molar-refractivity contribution in [2.75, 3.05) is 16.2 Å². The first-order chi connectivity index (χ1) is 8.23. The Morgan fingerprint density at radius 1 is 1.28 bits per heavy atom. The van der Waals surface area contributed by atoms with Gasteiger partial charge < -0.3 is 5.73 Å². The van der Waals surface area contributed by atoms with Crippen molar-refractivity contribution in [3.63, 3.8) is 0 Å². The SMILES string of the molecule is Cc1ccc(N)c(C)c1NS(=O)(=O)CCC(C)C. The number of benzene rings is 1. The third-order valence-corrected chi connectivity index (χ3v) is 4.23. The molecule has 0 radical (unpaired) electrons. The Kier molecular flexibility index (Phi) is 4.62. The van der Waals surface area contributed by atoms with E-state index in [9.17, 15) is 8.42 Å². The van der Waals surface area contributed by atoms with Gasteiger partial charge in [-0.1, -0.05) is 19.9 Å². The number of anilines is 2. The molecule has 0 heterocycles. The van der Waals surface area contributed by atoms with Gasteiger partial charge in [-0.05, 0) is 43.4 Å². The summed E-state index contributed by atoms with van der Waals surface area (Å²) >= 11 is 0. The minimum atomic E-state index is -3.30. The Hall–Kier alpha value is -1.23. The van der Waals surface area contributed by atoms with Crippen LogP contribution in [0.15, 0.2) is 12.1 Å². The first-order valence-electron chi connectivity index (χ1n) is 6.09. The molecular weight excluding hydrogens is 248 g/mol. The molecule has 1 rings (SSSR count). The topological polar surface area (TPSA) is 72.2 Å². The quantitative estimate of drug-likeness (QED) is 0.808. The Bertz CT molecular complexity index is 522. The molecule has 18 heavy (non-hydrogen) atoms. The van der Waals surface area contributed by atoms with E-state index in [-0.39, 0.29) is 5.75 Å². The zero-order chi connectivity index (χ0) is 13.9. The zero-order valence-corrected chi connectivity index (χ0v) is 12.3. The lowest BCUT2D eigenvalue weighted by Crippen LogP contribution is -2.19. The molecule has 1 aromatic carbocycles. The van der Waals surface area contributed by atoms with Crippen LogP contribution in [-0.4, -0.2) is 14.2 Å². The average molecular weight is 270 g/mol. The van der Waals surface area contributed by atoms with E-state index in [1.165, 1.54) is 0 Å². The number of rotatable bonds is 5. The van der Waals surface area contributed by atoms with Crippen LogP contribution >= 0.6 is 0 Å². The van der Waals surface area contributed by atoms with Crippen molar-refractivity contribution in [2.45, 2.75) is 34.1 Å². The fourth-order valence-corrected chi connectivity index (χ4v) is 3.13. The predicted octanol–water partition coefficient (Wildman–Crippen LogP) is 2.67. The Balaban J connectivity index is 2.94. The van der Waals surface area contributed by atoms with Crippen LogP contribution in [0.1, 0.15) is 31.4 Å². The van der Waals surface area contributed by atoms with Gasteiger partial charge in [0.05, 0.1) is 11.4 Å². The number of sulfonamides is 1. The highest BCUT2D eigenvalue weighted by molar-refractivity contribution is 7.92. The summed E-state index contributed by atoms with van der Waals surface area (Å²) in [6.07, 6.45) is 0.649. The van der Waals surface area contributed by atoms with Crippen LogP contribution in [-0.2, 0) is 10.0 Å². The Morgan fingerprint density at radius 2 is 1.89 bits per heavy atom. The van der Waals surface area contributed by atoms with Gasteiger partial charge >= 0.3 is 0 Å². The molecule has 0 aliphatic carbocycles. The molecule has 0 amide bonds. The van der Waals surface area contributed by atoms with E-state index in [0.29, 0.717) is 23.7 Å². The van der Waals surface area contributed by atoms with Crippen LogP contribution in [0.3, 0.4) is 0 Å². The van der Waals surface area contributed by atoms with Gasteiger partial charge in [0.1, 0.15) is 0 Å². The van der Waals surface area contributed by atoms with Crippen LogP contribution in [0.5, 0.6) is 0 Å². The van der Waals surface area contributed by atoms with Crippen molar-refractivity contribution >= 4 is 21.4 Å². The van der Waals surface area contributed by atoms with E-state index in [0.717, 1.165) is 11.1 Å². The van der Waals surface area contributed by atoms with Gasteiger partial charge in [-0.3, -0.25) is 4.72 Å². The van der Waals surface area contributed by atoms with Gasteiger partial charge in [-0.25, -0.2) is 8.42 Å². The second kappa shape index (κ2) is 5.61. The molecule has 0 unspecified atom stereocenters. The highest BCUT2D eigenvalue weighted by atomic mass is 32.2. The lowest BCUT2D eigenvalue weighted by molar-refractivity contribution is 0.578. The first-order valence-corrected chi connectivity index (χ1v) is 7.74. The summed E-state index contributed by atoms with van der Waals surface area (Å²) in [5, 5.41) is 0. The number of aryl methyl sites for hydroxylation is 1. The highest BCUT2D eigenvalue weighted by Crippen LogP contribution is 2.26. The van der Waals surface area contributed by atoms with E-state index >= 15 is 0 Å². The summed E-state index contributed by atoms with van der Waals surface area (Å²) in [5.74, 6) is 0.503. The van der Waals surface area contributed by atoms with Crippen LogP contribution in [0.2, 0.25) is 0 Å². The van der Waals surface area contributed by atoms with E-state index in [1.807, 2.05) is 33.8 Å². The van der Waals surface area contributed by atoms with E-state index < -0.39 is 10.0 Å². The van der Waals surface area contributed by atoms with Crippen molar-refractivity contribution < 1.29 is 8.42 Å². The molecule has 0 aliphatic heterocycles. The number of nitrogen functional groups attached to an aromatic ring is 1. The van der Waals surface area contributed by atoms with Crippen LogP contribution in [0, 0.1) is 19.8 Å². The standard InChI is InChI=1S/C13H22N2O2S/c1-9(2)7-8-18(16,17)15-13-10(3)5-6-12(14)11(13)4/h5-6,9,15H,7-8,14H2,1-4H3. The van der Waals surface area contributed by atoms with Crippen molar-refractivity contribution in [1.82, 2.24) is 0 Å². The van der Waals surface area contributed by atoms with Crippen molar-refractivity contribution in [3.8, 4) is 0 Å². The molecule has 3 N–H and O–H groups in total. The van der Waals surface area contributed by atoms with Crippen molar-refractivity contribution in [2.24, 2.45) is 5.92 Å². The van der Waals surface area contributed by atoms with Crippen molar-refractivity contribution in [3.05, 3.63) is 23.3 Å². The van der Waals surface area contributed by atoms with E-state index in [1.54, 1.807) is 6.07 Å². The lowest BCUT2D eigenvalue weighted by Gasteiger charge is -2.15. The molecule has 0 aliphatic rings. The molecule has 102 valence electrons. The predicted molar refractivity (Wildman–Crippen MR) is 77.2 cm³/mol. The molecule has 4 nitrogen and oxygen atoms in total. The summed E-state index contributed by atoms with van der Waals surface area (Å²) in [6.45, 7) is 7.70. The fraction of sp³-hybridized carbons (Fsp3) is 0.538. The summed E-state index contributed by atoms with van der Waals surface area (Å²) in [7, 11) is -3.30. The minimum absolute atomic E-state index is 0.137. The smallest absolute Gasteiger partial charge is 0.232 e. The number of hydrogen-bond donors (Lipinski definition) is 2. The van der Waals surface area contributed by atoms with Crippen molar-refractivity contribution in [1.29, 1.82) is 0 Å². The first kappa shape index (κ1) is 14.8. The Labute approximate surface area is 110 Å². The second-order valence-corrected chi connectivity index (χ2v) is 6.92.